The molecule has 7 heteroatoms. The van der Waals surface area contributed by atoms with Gasteiger partial charge in [0, 0.05) is 4.47 Å². The first-order valence-corrected chi connectivity index (χ1v) is 11.5. The fraction of sp³-hybridized carbons (Fsp3) is 0.120. The normalized spacial score (nSPS) is 14.8. The number of amides is 2. The maximum absolute atomic E-state index is 12.9. The molecule has 1 heterocycles. The SMILES string of the molecule is COc1cc(/C=C2\SC(=O)N(Cc3ccccc3Br)C2=O)ccc1OCc1ccccc1. The summed E-state index contributed by atoms with van der Waals surface area (Å²) in [4.78, 5) is 27.0. The Morgan fingerprint density at radius 3 is 2.47 bits per heavy atom. The minimum Gasteiger partial charge on any atom is -0.493 e. The van der Waals surface area contributed by atoms with E-state index in [1.807, 2.05) is 60.7 Å². The summed E-state index contributed by atoms with van der Waals surface area (Å²) >= 11 is 4.40. The van der Waals surface area contributed by atoms with Crippen LogP contribution in [0.3, 0.4) is 0 Å². The van der Waals surface area contributed by atoms with Crippen molar-refractivity contribution in [2.24, 2.45) is 0 Å². The Morgan fingerprint density at radius 2 is 1.72 bits per heavy atom. The maximum atomic E-state index is 12.9. The van der Waals surface area contributed by atoms with E-state index in [4.69, 9.17) is 9.47 Å². The summed E-state index contributed by atoms with van der Waals surface area (Å²) in [7, 11) is 1.57. The molecule has 1 saturated heterocycles. The summed E-state index contributed by atoms with van der Waals surface area (Å²) in [6, 6.07) is 22.8. The Morgan fingerprint density at radius 1 is 0.969 bits per heavy atom. The summed E-state index contributed by atoms with van der Waals surface area (Å²) < 4.78 is 12.2. The van der Waals surface area contributed by atoms with Gasteiger partial charge in [0.25, 0.3) is 11.1 Å². The number of ether oxygens (including phenoxy) is 2. The van der Waals surface area contributed by atoms with Crippen molar-refractivity contribution in [1.29, 1.82) is 0 Å². The zero-order chi connectivity index (χ0) is 22.5. The van der Waals surface area contributed by atoms with Crippen LogP contribution < -0.4 is 9.47 Å². The fourth-order valence-corrected chi connectivity index (χ4v) is 4.46. The monoisotopic (exact) mass is 509 g/mol. The van der Waals surface area contributed by atoms with Gasteiger partial charge in [0.1, 0.15) is 6.61 Å². The number of imide groups is 1. The van der Waals surface area contributed by atoms with Crippen LogP contribution in [-0.4, -0.2) is 23.2 Å². The first-order valence-electron chi connectivity index (χ1n) is 9.88. The topological polar surface area (TPSA) is 55.8 Å². The second kappa shape index (κ2) is 10.1. The zero-order valence-corrected chi connectivity index (χ0v) is 19.7. The van der Waals surface area contributed by atoms with Gasteiger partial charge in [0.05, 0.1) is 18.6 Å². The third kappa shape index (κ3) is 5.06. The molecule has 3 aromatic carbocycles. The highest BCUT2D eigenvalue weighted by atomic mass is 79.9. The standard InChI is InChI=1S/C25H20BrNO4S/c1-30-22-13-18(11-12-21(22)31-16-17-7-3-2-4-8-17)14-23-24(28)27(25(29)32-23)15-19-9-5-6-10-20(19)26/h2-14H,15-16H2,1H3/b23-14-. The Balaban J connectivity index is 1.50. The van der Waals surface area contributed by atoms with E-state index >= 15 is 0 Å². The number of hydrogen-bond donors (Lipinski definition) is 0. The van der Waals surface area contributed by atoms with Crippen LogP contribution >= 0.6 is 27.7 Å². The van der Waals surface area contributed by atoms with E-state index in [1.165, 1.54) is 4.90 Å². The highest BCUT2D eigenvalue weighted by Crippen LogP contribution is 2.36. The van der Waals surface area contributed by atoms with E-state index < -0.39 is 0 Å². The number of halogens is 1. The van der Waals surface area contributed by atoms with E-state index in [9.17, 15) is 9.59 Å². The average molecular weight is 510 g/mol. The van der Waals surface area contributed by atoms with Crippen molar-refractivity contribution in [3.05, 3.63) is 98.9 Å². The van der Waals surface area contributed by atoms with Gasteiger partial charge in [-0.05, 0) is 52.7 Å². The molecule has 1 fully saturated rings. The number of thioether (sulfide) groups is 1. The Bertz CT molecular complexity index is 1180. The van der Waals surface area contributed by atoms with E-state index in [-0.39, 0.29) is 17.7 Å². The molecule has 2 amide bonds. The third-order valence-corrected chi connectivity index (χ3v) is 6.56. The lowest BCUT2D eigenvalue weighted by atomic mass is 10.1. The van der Waals surface area contributed by atoms with Crippen molar-refractivity contribution in [3.63, 3.8) is 0 Å². The van der Waals surface area contributed by atoms with Gasteiger partial charge in [-0.1, -0.05) is 70.5 Å². The van der Waals surface area contributed by atoms with E-state index in [2.05, 4.69) is 15.9 Å². The molecule has 0 spiro atoms. The summed E-state index contributed by atoms with van der Waals surface area (Å²) in [5, 5.41) is -0.285. The van der Waals surface area contributed by atoms with Gasteiger partial charge in [0.15, 0.2) is 11.5 Å². The van der Waals surface area contributed by atoms with Gasteiger partial charge in [0.2, 0.25) is 0 Å². The molecule has 0 atom stereocenters. The van der Waals surface area contributed by atoms with Gasteiger partial charge in [-0.2, -0.15) is 0 Å². The van der Waals surface area contributed by atoms with E-state index in [0.29, 0.717) is 23.0 Å². The average Bonchev–Trinajstić information content (AvgIpc) is 3.07. The molecule has 5 nitrogen and oxygen atoms in total. The smallest absolute Gasteiger partial charge is 0.293 e. The number of rotatable bonds is 7. The number of methoxy groups -OCH3 is 1. The molecule has 0 radical (unpaired) electrons. The van der Waals surface area contributed by atoms with Gasteiger partial charge in [-0.3, -0.25) is 14.5 Å². The molecule has 0 aromatic heterocycles. The third-order valence-electron chi connectivity index (χ3n) is 4.88. The Labute approximate surface area is 199 Å². The maximum Gasteiger partial charge on any atom is 0.293 e. The van der Waals surface area contributed by atoms with Gasteiger partial charge in [-0.25, -0.2) is 0 Å². The van der Waals surface area contributed by atoms with Gasteiger partial charge in [-0.15, -0.1) is 0 Å². The number of carbonyl (C=O) groups excluding carboxylic acids is 2. The molecule has 0 unspecified atom stereocenters. The van der Waals surface area contributed by atoms with Crippen molar-refractivity contribution < 1.29 is 19.1 Å². The zero-order valence-electron chi connectivity index (χ0n) is 17.3. The molecule has 1 aliphatic heterocycles. The molecule has 0 bridgehead atoms. The summed E-state index contributed by atoms with van der Waals surface area (Å²) in [6.07, 6.45) is 1.70. The van der Waals surface area contributed by atoms with Crippen molar-refractivity contribution in [2.45, 2.75) is 13.2 Å². The minimum absolute atomic E-state index is 0.221. The Hall–Kier alpha value is -3.03. The number of nitrogens with zero attached hydrogens (tertiary/aromatic N) is 1. The van der Waals surface area contributed by atoms with Crippen molar-refractivity contribution in [1.82, 2.24) is 4.90 Å². The van der Waals surface area contributed by atoms with Crippen molar-refractivity contribution >= 4 is 44.9 Å². The Kier molecular flexibility index (Phi) is 6.97. The lowest BCUT2D eigenvalue weighted by Gasteiger charge is -2.13. The van der Waals surface area contributed by atoms with Gasteiger partial charge >= 0.3 is 0 Å². The van der Waals surface area contributed by atoms with Crippen molar-refractivity contribution in [3.8, 4) is 11.5 Å². The lowest BCUT2D eigenvalue weighted by Crippen LogP contribution is -2.27. The first-order chi connectivity index (χ1) is 15.5. The minimum atomic E-state index is -0.306. The molecule has 4 rings (SSSR count). The quantitative estimate of drug-likeness (QED) is 0.351. The molecular weight excluding hydrogens is 490 g/mol. The van der Waals surface area contributed by atoms with Crippen LogP contribution in [0.25, 0.3) is 6.08 Å². The number of benzene rings is 3. The number of hydrogen-bond acceptors (Lipinski definition) is 5. The number of carbonyl (C=O) groups is 2. The largest absolute Gasteiger partial charge is 0.493 e. The summed E-state index contributed by atoms with van der Waals surface area (Å²) in [6.45, 7) is 0.642. The van der Waals surface area contributed by atoms with E-state index in [0.717, 1.165) is 32.9 Å². The van der Waals surface area contributed by atoms with Crippen LogP contribution in [0, 0.1) is 0 Å². The molecule has 1 aliphatic rings. The van der Waals surface area contributed by atoms with Crippen LogP contribution in [0.15, 0.2) is 82.2 Å². The van der Waals surface area contributed by atoms with Crippen LogP contribution in [-0.2, 0) is 17.9 Å². The van der Waals surface area contributed by atoms with Crippen LogP contribution in [0.2, 0.25) is 0 Å². The highest BCUT2D eigenvalue weighted by molar-refractivity contribution is 9.10. The first kappa shape index (κ1) is 22.2. The van der Waals surface area contributed by atoms with Crippen LogP contribution in [0.5, 0.6) is 11.5 Å². The highest BCUT2D eigenvalue weighted by Gasteiger charge is 2.35. The van der Waals surface area contributed by atoms with Crippen molar-refractivity contribution in [2.75, 3.05) is 7.11 Å². The predicted molar refractivity (Wildman–Crippen MR) is 129 cm³/mol. The second-order valence-electron chi connectivity index (χ2n) is 7.04. The van der Waals surface area contributed by atoms with Crippen LogP contribution in [0.4, 0.5) is 4.79 Å². The molecule has 0 aliphatic carbocycles. The molecule has 32 heavy (non-hydrogen) atoms. The fourth-order valence-electron chi connectivity index (χ4n) is 3.21. The summed E-state index contributed by atoms with van der Waals surface area (Å²) in [5.41, 5.74) is 2.68. The van der Waals surface area contributed by atoms with E-state index in [1.54, 1.807) is 25.3 Å². The van der Waals surface area contributed by atoms with Gasteiger partial charge < -0.3 is 9.47 Å². The molecule has 162 valence electrons. The lowest BCUT2D eigenvalue weighted by molar-refractivity contribution is -0.123. The van der Waals surface area contributed by atoms with Crippen LogP contribution in [0.1, 0.15) is 16.7 Å². The second-order valence-corrected chi connectivity index (χ2v) is 8.89. The molecule has 0 saturated carbocycles. The molecule has 3 aromatic rings. The molecular formula is C25H20BrNO4S. The molecule has 0 N–H and O–H groups in total. The predicted octanol–water partition coefficient (Wildman–Crippen LogP) is 6.27. The summed E-state index contributed by atoms with van der Waals surface area (Å²) in [5.74, 6) is 0.858.